The average molecular weight is 399 g/mol. The van der Waals surface area contributed by atoms with E-state index in [0.717, 1.165) is 12.0 Å². The molecule has 1 saturated heterocycles. The van der Waals surface area contributed by atoms with Crippen LogP contribution >= 0.6 is 0 Å². The molecule has 1 amide bonds. The fourth-order valence-electron chi connectivity index (χ4n) is 3.06. The zero-order valence-electron chi connectivity index (χ0n) is 16.3. The van der Waals surface area contributed by atoms with Crippen LogP contribution in [0.15, 0.2) is 53.6 Å². The maximum absolute atomic E-state index is 12.4. The summed E-state index contributed by atoms with van der Waals surface area (Å²) in [7, 11) is 0. The van der Waals surface area contributed by atoms with Gasteiger partial charge in [-0.15, -0.1) is 0 Å². The molecule has 5 N–H and O–H groups in total. The van der Waals surface area contributed by atoms with Gasteiger partial charge >= 0.3 is 0 Å². The molecule has 0 bridgehead atoms. The van der Waals surface area contributed by atoms with Crippen molar-refractivity contribution in [2.75, 3.05) is 0 Å². The molecule has 0 spiro atoms. The molecule has 1 aliphatic heterocycles. The van der Waals surface area contributed by atoms with Crippen LogP contribution in [-0.4, -0.2) is 28.1 Å². The molecule has 9 heteroatoms. The number of nitro benzene ring substituents is 1. The van der Waals surface area contributed by atoms with E-state index in [9.17, 15) is 14.9 Å². The normalized spacial score (nSPS) is 18.8. The van der Waals surface area contributed by atoms with Gasteiger partial charge in [0.1, 0.15) is 6.04 Å². The Labute approximate surface area is 168 Å². The fraction of sp³-hybridized carbons (Fsp3) is 0.300. The highest BCUT2D eigenvalue weighted by Crippen LogP contribution is 2.22. The van der Waals surface area contributed by atoms with E-state index < -0.39 is 11.0 Å². The number of carbonyl (C=O) groups is 1. The molecule has 0 aliphatic carbocycles. The average Bonchev–Trinajstić information content (AvgIpc) is 3.22. The number of hydrazone groups is 1. The minimum absolute atomic E-state index is 0. The second-order valence-electron chi connectivity index (χ2n) is 6.71. The quantitative estimate of drug-likeness (QED) is 0.386. The molecule has 3 rings (SSSR count). The number of nitrogens with one attached hydrogen (secondary N) is 3. The fourth-order valence-corrected chi connectivity index (χ4v) is 3.06. The topological polar surface area (TPSA) is 140 Å². The summed E-state index contributed by atoms with van der Waals surface area (Å²) < 4.78 is 0. The van der Waals surface area contributed by atoms with E-state index in [1.54, 1.807) is 19.1 Å². The molecule has 154 valence electrons. The van der Waals surface area contributed by atoms with Gasteiger partial charge in [0.05, 0.1) is 10.6 Å². The van der Waals surface area contributed by atoms with E-state index in [4.69, 9.17) is 0 Å². The van der Waals surface area contributed by atoms with Crippen LogP contribution in [0, 0.1) is 10.1 Å². The first-order valence-corrected chi connectivity index (χ1v) is 9.16. The minimum atomic E-state index is -0.462. The van der Waals surface area contributed by atoms with Crippen molar-refractivity contribution < 1.29 is 15.2 Å². The summed E-state index contributed by atoms with van der Waals surface area (Å²) in [5, 5.41) is 15.0. The van der Waals surface area contributed by atoms with Crippen molar-refractivity contribution in [1.82, 2.24) is 16.3 Å². The van der Waals surface area contributed by atoms with E-state index >= 15 is 0 Å². The number of amides is 1. The molecule has 1 heterocycles. The number of hydrazine groups is 1. The van der Waals surface area contributed by atoms with Crippen molar-refractivity contribution in [3.05, 3.63) is 75.3 Å². The molecular weight excluding hydrogens is 374 g/mol. The lowest BCUT2D eigenvalue weighted by atomic mass is 10.00. The Kier molecular flexibility index (Phi) is 7.54. The van der Waals surface area contributed by atoms with Crippen LogP contribution in [0.25, 0.3) is 0 Å². The summed E-state index contributed by atoms with van der Waals surface area (Å²) in [4.78, 5) is 22.8. The smallest absolute Gasteiger partial charge is 0.270 e. The second kappa shape index (κ2) is 9.87. The van der Waals surface area contributed by atoms with E-state index in [-0.39, 0.29) is 23.1 Å². The third-order valence-electron chi connectivity index (χ3n) is 4.82. The summed E-state index contributed by atoms with van der Waals surface area (Å²) >= 11 is 0. The minimum Gasteiger partial charge on any atom is -0.412 e. The summed E-state index contributed by atoms with van der Waals surface area (Å²) in [5.74, 6) is -0.259. The van der Waals surface area contributed by atoms with Gasteiger partial charge in [-0.3, -0.25) is 14.9 Å². The van der Waals surface area contributed by atoms with E-state index in [0.29, 0.717) is 17.7 Å². The summed E-state index contributed by atoms with van der Waals surface area (Å²) in [6.07, 6.45) is 1.59. The first-order chi connectivity index (χ1) is 13.5. The molecule has 0 radical (unpaired) electrons. The Balaban J connectivity index is 0.00000300. The van der Waals surface area contributed by atoms with Gasteiger partial charge in [-0.2, -0.15) is 5.10 Å². The maximum atomic E-state index is 12.4. The van der Waals surface area contributed by atoms with E-state index in [1.807, 2.05) is 0 Å². The van der Waals surface area contributed by atoms with Crippen molar-refractivity contribution in [2.24, 2.45) is 5.10 Å². The molecule has 9 nitrogen and oxygen atoms in total. The number of hydrogen-bond acceptors (Lipinski definition) is 6. The molecule has 29 heavy (non-hydrogen) atoms. The molecule has 2 atom stereocenters. The Morgan fingerprint density at radius 3 is 2.62 bits per heavy atom. The first-order valence-electron chi connectivity index (χ1n) is 9.16. The lowest BCUT2D eigenvalue weighted by Crippen LogP contribution is -2.41. The van der Waals surface area contributed by atoms with Gasteiger partial charge in [0.25, 0.3) is 11.6 Å². The SMILES string of the molecule is CCc1ccc(C2CC(C(=O)N/N=C(\C)c3cccc([N+](=O)[O-])c3)NN2)cc1.O. The van der Waals surface area contributed by atoms with Gasteiger partial charge < -0.3 is 5.48 Å². The number of carbonyl (C=O) groups excluding carboxylic acids is 1. The van der Waals surface area contributed by atoms with Crippen LogP contribution in [0.2, 0.25) is 0 Å². The van der Waals surface area contributed by atoms with Gasteiger partial charge in [0.2, 0.25) is 0 Å². The Morgan fingerprint density at radius 2 is 1.97 bits per heavy atom. The van der Waals surface area contributed by atoms with Crippen LogP contribution in [0.5, 0.6) is 0 Å². The van der Waals surface area contributed by atoms with Crippen LogP contribution in [0.3, 0.4) is 0 Å². The Morgan fingerprint density at radius 1 is 1.24 bits per heavy atom. The van der Waals surface area contributed by atoms with Gasteiger partial charge in [-0.05, 0) is 30.9 Å². The van der Waals surface area contributed by atoms with Crippen LogP contribution < -0.4 is 16.3 Å². The summed E-state index contributed by atoms with van der Waals surface area (Å²) in [5.41, 5.74) is 12.1. The summed E-state index contributed by atoms with van der Waals surface area (Å²) in [6.45, 7) is 3.80. The third-order valence-corrected chi connectivity index (χ3v) is 4.82. The highest BCUT2D eigenvalue weighted by atomic mass is 16.6. The summed E-state index contributed by atoms with van der Waals surface area (Å²) in [6, 6.07) is 14.1. The number of rotatable bonds is 6. The van der Waals surface area contributed by atoms with E-state index in [2.05, 4.69) is 52.6 Å². The van der Waals surface area contributed by atoms with Crippen molar-refractivity contribution in [3.8, 4) is 0 Å². The molecule has 2 unspecified atom stereocenters. The molecular formula is C20H25N5O4. The number of hydrogen-bond donors (Lipinski definition) is 3. The highest BCUT2D eigenvalue weighted by molar-refractivity contribution is 5.99. The van der Waals surface area contributed by atoms with Gasteiger partial charge in [0.15, 0.2) is 0 Å². The molecule has 1 aliphatic rings. The number of aryl methyl sites for hydroxylation is 1. The number of benzene rings is 2. The lowest BCUT2D eigenvalue weighted by Gasteiger charge is -2.10. The molecule has 0 aromatic heterocycles. The predicted molar refractivity (Wildman–Crippen MR) is 110 cm³/mol. The monoisotopic (exact) mass is 399 g/mol. The maximum Gasteiger partial charge on any atom is 0.270 e. The molecule has 2 aromatic rings. The largest absolute Gasteiger partial charge is 0.412 e. The van der Waals surface area contributed by atoms with E-state index in [1.165, 1.54) is 17.7 Å². The van der Waals surface area contributed by atoms with Gasteiger partial charge in [-0.25, -0.2) is 16.3 Å². The van der Waals surface area contributed by atoms with Gasteiger partial charge in [0, 0.05) is 23.7 Å². The highest BCUT2D eigenvalue weighted by Gasteiger charge is 2.30. The number of nitro groups is 1. The molecule has 0 saturated carbocycles. The Bertz CT molecular complexity index is 898. The van der Waals surface area contributed by atoms with Crippen LogP contribution in [0.4, 0.5) is 5.69 Å². The lowest BCUT2D eigenvalue weighted by molar-refractivity contribution is -0.384. The predicted octanol–water partition coefficient (Wildman–Crippen LogP) is 1.78. The zero-order valence-corrected chi connectivity index (χ0v) is 16.3. The first kappa shape index (κ1) is 22.2. The van der Waals surface area contributed by atoms with Gasteiger partial charge in [-0.1, -0.05) is 43.3 Å². The standard InChI is InChI=1S/C20H23N5O3.H2O/c1-3-14-7-9-15(10-8-14)18-12-19(23-22-18)20(26)24-21-13(2)16-5-4-6-17(11-16)25(27)28;/h4-11,18-19,22-23H,3,12H2,1-2H3,(H,24,26);1H2/b21-13+;. The second-order valence-corrected chi connectivity index (χ2v) is 6.71. The van der Waals surface area contributed by atoms with Crippen LogP contribution in [-0.2, 0) is 11.2 Å². The van der Waals surface area contributed by atoms with Crippen LogP contribution in [0.1, 0.15) is 43.0 Å². The van der Waals surface area contributed by atoms with Crippen molar-refractivity contribution in [3.63, 3.8) is 0 Å². The Hall–Kier alpha value is -3.14. The van der Waals surface area contributed by atoms with Crippen molar-refractivity contribution in [2.45, 2.75) is 38.8 Å². The number of non-ortho nitro benzene ring substituents is 1. The van der Waals surface area contributed by atoms with Crippen molar-refractivity contribution >= 4 is 17.3 Å². The third kappa shape index (κ3) is 5.44. The number of nitrogens with zero attached hydrogens (tertiary/aromatic N) is 2. The zero-order chi connectivity index (χ0) is 20.1. The molecule has 2 aromatic carbocycles. The molecule has 1 fully saturated rings. The van der Waals surface area contributed by atoms with Crippen molar-refractivity contribution in [1.29, 1.82) is 0 Å².